The maximum Gasteiger partial charge on any atom is 0.227 e. The highest BCUT2D eigenvalue weighted by Crippen LogP contribution is 2.29. The van der Waals surface area contributed by atoms with Gasteiger partial charge in [0.05, 0.1) is 12.5 Å². The summed E-state index contributed by atoms with van der Waals surface area (Å²) in [6, 6.07) is 8.64. The van der Waals surface area contributed by atoms with E-state index in [9.17, 15) is 4.79 Å². The van der Waals surface area contributed by atoms with Crippen LogP contribution in [0.3, 0.4) is 0 Å². The quantitative estimate of drug-likeness (QED) is 0.871. The lowest BCUT2D eigenvalue weighted by molar-refractivity contribution is -0.134. The van der Waals surface area contributed by atoms with Gasteiger partial charge in [-0.05, 0) is 43.2 Å². The summed E-state index contributed by atoms with van der Waals surface area (Å²) in [6.07, 6.45) is 10.9. The first-order valence-corrected chi connectivity index (χ1v) is 9.14. The van der Waals surface area contributed by atoms with Gasteiger partial charge in [0.25, 0.3) is 0 Å². The molecule has 1 fully saturated rings. The molecule has 128 valence electrons. The van der Waals surface area contributed by atoms with Crippen molar-refractivity contribution in [2.45, 2.75) is 57.9 Å². The predicted octanol–water partition coefficient (Wildman–Crippen LogP) is 4.05. The van der Waals surface area contributed by atoms with Gasteiger partial charge in [-0.3, -0.25) is 4.79 Å². The number of imidazole rings is 1. The minimum absolute atomic E-state index is 0.102. The Kier molecular flexibility index (Phi) is 5.68. The third-order valence-corrected chi connectivity index (χ3v) is 4.86. The Bertz CT molecular complexity index is 633. The Morgan fingerprint density at radius 2 is 2.04 bits per heavy atom. The van der Waals surface area contributed by atoms with E-state index in [4.69, 9.17) is 0 Å². The molecule has 1 amide bonds. The van der Waals surface area contributed by atoms with Gasteiger partial charge in [-0.15, -0.1) is 0 Å². The van der Waals surface area contributed by atoms with Gasteiger partial charge in [-0.2, -0.15) is 0 Å². The van der Waals surface area contributed by atoms with Crippen LogP contribution in [0.2, 0.25) is 0 Å². The molecule has 0 aliphatic carbocycles. The lowest BCUT2D eigenvalue weighted by Gasteiger charge is -2.34. The van der Waals surface area contributed by atoms with Gasteiger partial charge in [0.1, 0.15) is 5.82 Å². The van der Waals surface area contributed by atoms with E-state index in [0.717, 1.165) is 43.6 Å². The highest BCUT2D eigenvalue weighted by atomic mass is 16.2. The molecule has 0 bridgehead atoms. The highest BCUT2D eigenvalue weighted by molar-refractivity contribution is 5.79. The fourth-order valence-electron chi connectivity index (χ4n) is 3.45. The van der Waals surface area contributed by atoms with Crippen LogP contribution in [0.5, 0.6) is 0 Å². The lowest BCUT2D eigenvalue weighted by atomic mass is 9.99. The van der Waals surface area contributed by atoms with Crippen molar-refractivity contribution in [3.63, 3.8) is 0 Å². The number of nitrogens with one attached hydrogen (secondary N) is 1. The minimum atomic E-state index is 0.102. The third kappa shape index (κ3) is 4.05. The number of hydrogen-bond donors (Lipinski definition) is 1. The van der Waals surface area contributed by atoms with Crippen LogP contribution in [0.15, 0.2) is 36.7 Å². The highest BCUT2D eigenvalue weighted by Gasteiger charge is 2.29. The molecule has 1 aromatic carbocycles. The molecule has 1 atom stereocenters. The molecule has 2 heterocycles. The van der Waals surface area contributed by atoms with Crippen LogP contribution in [-0.4, -0.2) is 27.3 Å². The first-order chi connectivity index (χ1) is 11.8. The topological polar surface area (TPSA) is 49.0 Å². The van der Waals surface area contributed by atoms with Crippen molar-refractivity contribution >= 4 is 5.91 Å². The van der Waals surface area contributed by atoms with Gasteiger partial charge in [0, 0.05) is 18.9 Å². The lowest BCUT2D eigenvalue weighted by Crippen LogP contribution is -2.39. The molecular weight excluding hydrogens is 298 g/mol. The molecule has 1 saturated heterocycles. The number of carbonyl (C=O) groups is 1. The molecule has 3 rings (SSSR count). The van der Waals surface area contributed by atoms with Gasteiger partial charge < -0.3 is 9.88 Å². The number of amides is 1. The van der Waals surface area contributed by atoms with E-state index in [-0.39, 0.29) is 11.9 Å². The Morgan fingerprint density at radius 3 is 2.75 bits per heavy atom. The normalized spacial score (nSPS) is 17.9. The van der Waals surface area contributed by atoms with Gasteiger partial charge >= 0.3 is 0 Å². The molecule has 0 radical (unpaired) electrons. The van der Waals surface area contributed by atoms with Crippen LogP contribution in [0, 0.1) is 0 Å². The Balaban J connectivity index is 1.64. The van der Waals surface area contributed by atoms with Crippen LogP contribution in [0.25, 0.3) is 0 Å². The summed E-state index contributed by atoms with van der Waals surface area (Å²) in [6.45, 7) is 3.04. The number of unbranched alkanes of at least 4 members (excludes halogenated alkanes) is 1. The summed E-state index contributed by atoms with van der Waals surface area (Å²) in [5.41, 5.74) is 2.46. The van der Waals surface area contributed by atoms with Crippen molar-refractivity contribution in [1.29, 1.82) is 0 Å². The van der Waals surface area contributed by atoms with E-state index in [0.29, 0.717) is 6.42 Å². The fourth-order valence-corrected chi connectivity index (χ4v) is 3.45. The van der Waals surface area contributed by atoms with Gasteiger partial charge in [0.15, 0.2) is 0 Å². The smallest absolute Gasteiger partial charge is 0.227 e. The molecule has 0 spiro atoms. The Labute approximate surface area is 144 Å². The van der Waals surface area contributed by atoms with Crippen LogP contribution >= 0.6 is 0 Å². The maximum atomic E-state index is 12.8. The zero-order valence-electron chi connectivity index (χ0n) is 14.5. The van der Waals surface area contributed by atoms with E-state index in [1.807, 2.05) is 11.1 Å². The molecule has 1 aliphatic rings. The average Bonchev–Trinajstić information content (AvgIpc) is 3.15. The number of nitrogens with zero attached hydrogens (tertiary/aromatic N) is 2. The van der Waals surface area contributed by atoms with Crippen molar-refractivity contribution in [3.8, 4) is 0 Å². The first-order valence-electron chi connectivity index (χ1n) is 9.14. The molecule has 1 aromatic heterocycles. The first kappa shape index (κ1) is 16.7. The monoisotopic (exact) mass is 325 g/mol. The SMILES string of the molecule is CCCCc1ccc(CC(=O)N2CCCC[C@H]2c2ncc[nH]2)cc1. The van der Waals surface area contributed by atoms with Crippen molar-refractivity contribution < 1.29 is 4.79 Å². The van der Waals surface area contributed by atoms with Gasteiger partial charge in [-0.25, -0.2) is 4.98 Å². The third-order valence-electron chi connectivity index (χ3n) is 4.86. The Morgan fingerprint density at radius 1 is 1.25 bits per heavy atom. The summed E-state index contributed by atoms with van der Waals surface area (Å²) < 4.78 is 0. The van der Waals surface area contributed by atoms with E-state index < -0.39 is 0 Å². The number of rotatable bonds is 6. The molecule has 2 aromatic rings. The van der Waals surface area contributed by atoms with Crippen LogP contribution in [-0.2, 0) is 17.6 Å². The molecule has 1 aliphatic heterocycles. The summed E-state index contributed by atoms with van der Waals surface area (Å²) >= 11 is 0. The van der Waals surface area contributed by atoms with E-state index in [1.54, 1.807) is 6.20 Å². The van der Waals surface area contributed by atoms with Crippen LogP contribution in [0.1, 0.15) is 62.0 Å². The number of aromatic nitrogens is 2. The second-order valence-electron chi connectivity index (χ2n) is 6.67. The molecule has 4 heteroatoms. The molecule has 0 unspecified atom stereocenters. The summed E-state index contributed by atoms with van der Waals surface area (Å²) in [4.78, 5) is 22.4. The largest absolute Gasteiger partial charge is 0.347 e. The van der Waals surface area contributed by atoms with Gasteiger partial charge in [-0.1, -0.05) is 37.6 Å². The second-order valence-corrected chi connectivity index (χ2v) is 6.67. The van der Waals surface area contributed by atoms with E-state index in [2.05, 4.69) is 41.2 Å². The average molecular weight is 325 g/mol. The zero-order chi connectivity index (χ0) is 16.8. The molecule has 0 saturated carbocycles. The fraction of sp³-hybridized carbons (Fsp3) is 0.500. The van der Waals surface area contributed by atoms with Crippen molar-refractivity contribution in [1.82, 2.24) is 14.9 Å². The molecule has 4 nitrogen and oxygen atoms in total. The molecule has 24 heavy (non-hydrogen) atoms. The molecular formula is C20H27N3O. The number of aryl methyl sites for hydroxylation is 1. The molecule has 1 N–H and O–H groups in total. The van der Waals surface area contributed by atoms with E-state index >= 15 is 0 Å². The second kappa shape index (κ2) is 8.13. The van der Waals surface area contributed by atoms with Crippen LogP contribution < -0.4 is 0 Å². The Hall–Kier alpha value is -2.10. The predicted molar refractivity (Wildman–Crippen MR) is 95.7 cm³/mol. The number of hydrogen-bond acceptors (Lipinski definition) is 2. The van der Waals surface area contributed by atoms with Crippen molar-refractivity contribution in [2.75, 3.05) is 6.54 Å². The standard InChI is InChI=1S/C20H27N3O/c1-2-3-6-16-8-10-17(11-9-16)15-19(24)23-14-5-4-7-18(23)20-21-12-13-22-20/h8-13,18H,2-7,14-15H2,1H3,(H,21,22)/t18-/m0/s1. The zero-order valence-corrected chi connectivity index (χ0v) is 14.5. The number of H-pyrrole nitrogens is 1. The number of aromatic amines is 1. The summed E-state index contributed by atoms with van der Waals surface area (Å²) in [5.74, 6) is 1.12. The number of carbonyl (C=O) groups excluding carboxylic acids is 1. The van der Waals surface area contributed by atoms with Crippen LogP contribution in [0.4, 0.5) is 0 Å². The maximum absolute atomic E-state index is 12.8. The number of piperidine rings is 1. The minimum Gasteiger partial charge on any atom is -0.347 e. The van der Waals surface area contributed by atoms with Crippen molar-refractivity contribution in [3.05, 3.63) is 53.6 Å². The summed E-state index contributed by atoms with van der Waals surface area (Å²) in [5, 5.41) is 0. The summed E-state index contributed by atoms with van der Waals surface area (Å²) in [7, 11) is 0. The van der Waals surface area contributed by atoms with Crippen molar-refractivity contribution in [2.24, 2.45) is 0 Å². The number of likely N-dealkylation sites (tertiary alicyclic amines) is 1. The van der Waals surface area contributed by atoms with E-state index in [1.165, 1.54) is 18.4 Å². The number of benzene rings is 1. The van der Waals surface area contributed by atoms with Gasteiger partial charge in [0.2, 0.25) is 5.91 Å².